The number of H-pyrrole nitrogens is 1. The molecule has 1 atom stereocenters. The molecule has 2 aromatic rings. The van der Waals surface area contributed by atoms with Gasteiger partial charge in [-0.2, -0.15) is 5.10 Å². The molecule has 0 radical (unpaired) electrons. The van der Waals surface area contributed by atoms with Gasteiger partial charge in [-0.25, -0.2) is 4.79 Å². The largest absolute Gasteiger partial charge is 0.421 e. The summed E-state index contributed by atoms with van der Waals surface area (Å²) in [6, 6.07) is 10.7. The summed E-state index contributed by atoms with van der Waals surface area (Å²) in [5.41, 5.74) is 2.50. The Hall–Kier alpha value is -2.82. The molecule has 5 heteroatoms. The van der Waals surface area contributed by atoms with E-state index in [4.69, 9.17) is 4.74 Å². The van der Waals surface area contributed by atoms with E-state index in [1.54, 1.807) is 29.3 Å². The molecule has 0 spiro atoms. The lowest BCUT2D eigenvalue weighted by molar-refractivity contribution is 0.205. The Morgan fingerprint density at radius 1 is 1.23 bits per heavy atom. The van der Waals surface area contributed by atoms with E-state index in [0.717, 1.165) is 6.42 Å². The van der Waals surface area contributed by atoms with Gasteiger partial charge in [0.25, 0.3) is 0 Å². The van der Waals surface area contributed by atoms with Gasteiger partial charge in [-0.3, -0.25) is 10.00 Å². The van der Waals surface area contributed by atoms with Crippen LogP contribution >= 0.6 is 0 Å². The first-order valence-corrected chi connectivity index (χ1v) is 8.81. The predicted octanol–water partition coefficient (Wildman–Crippen LogP) is 5.11. The first-order valence-electron chi connectivity index (χ1n) is 8.81. The fourth-order valence-corrected chi connectivity index (χ4v) is 3.25. The van der Waals surface area contributed by atoms with E-state index in [2.05, 4.69) is 50.0 Å². The van der Waals surface area contributed by atoms with Gasteiger partial charge in [0, 0.05) is 6.07 Å². The van der Waals surface area contributed by atoms with Gasteiger partial charge in [0.05, 0.1) is 12.2 Å². The number of carbonyl (C=O) groups excluding carboxylic acids is 1. The molecule has 1 aliphatic rings. The number of nitrogens with one attached hydrogen (secondary N) is 1. The Balaban J connectivity index is 1.93. The number of hydrogen-bond acceptors (Lipinski definition) is 3. The third kappa shape index (κ3) is 3.87. The van der Waals surface area contributed by atoms with Crippen molar-refractivity contribution in [3.63, 3.8) is 0 Å². The second-order valence-electron chi connectivity index (χ2n) is 7.51. The number of anilines is 1. The zero-order valence-electron chi connectivity index (χ0n) is 15.7. The molecule has 136 valence electrons. The number of aromatic amines is 1. The quantitative estimate of drug-likeness (QED) is 0.836. The Morgan fingerprint density at radius 2 is 1.96 bits per heavy atom. The van der Waals surface area contributed by atoms with Crippen LogP contribution in [0.1, 0.15) is 34.1 Å². The number of rotatable bonds is 3. The molecule has 1 N–H and O–H groups in total. The summed E-state index contributed by atoms with van der Waals surface area (Å²) < 4.78 is 5.59. The highest BCUT2D eigenvalue weighted by Crippen LogP contribution is 2.36. The van der Waals surface area contributed by atoms with Gasteiger partial charge in [-0.15, -0.1) is 0 Å². The fourth-order valence-electron chi connectivity index (χ4n) is 3.25. The molecule has 5 nitrogen and oxygen atoms in total. The minimum atomic E-state index is -0.428. The molecule has 3 rings (SSSR count). The number of hydrogen-bond donors (Lipinski definition) is 1. The summed E-state index contributed by atoms with van der Waals surface area (Å²) >= 11 is 0. The highest BCUT2D eigenvalue weighted by molar-refractivity contribution is 5.89. The highest BCUT2D eigenvalue weighted by Gasteiger charge is 2.31. The maximum absolute atomic E-state index is 13.0. The van der Waals surface area contributed by atoms with Crippen molar-refractivity contribution in [2.24, 2.45) is 5.41 Å². The van der Waals surface area contributed by atoms with Crippen molar-refractivity contribution >= 4 is 11.9 Å². The molecular weight excluding hydrogens is 326 g/mol. The number of aromatic nitrogens is 2. The minimum Gasteiger partial charge on any atom is -0.410 e. The van der Waals surface area contributed by atoms with Crippen molar-refractivity contribution in [1.82, 2.24) is 10.2 Å². The lowest BCUT2D eigenvalue weighted by Crippen LogP contribution is -2.42. The van der Waals surface area contributed by atoms with E-state index in [1.165, 1.54) is 11.1 Å². The topological polar surface area (TPSA) is 58.2 Å². The second-order valence-corrected chi connectivity index (χ2v) is 7.51. The van der Waals surface area contributed by atoms with Crippen LogP contribution < -0.4 is 9.64 Å². The highest BCUT2D eigenvalue weighted by atomic mass is 16.6. The molecule has 1 amide bonds. The van der Waals surface area contributed by atoms with E-state index in [1.807, 2.05) is 18.2 Å². The fraction of sp³-hybridized carbons (Fsp3) is 0.333. The van der Waals surface area contributed by atoms with Crippen LogP contribution in [-0.2, 0) is 0 Å². The van der Waals surface area contributed by atoms with Crippen molar-refractivity contribution in [2.75, 3.05) is 4.90 Å². The first kappa shape index (κ1) is 18.0. The van der Waals surface area contributed by atoms with E-state index in [0.29, 0.717) is 11.6 Å². The van der Waals surface area contributed by atoms with Gasteiger partial charge in [0.1, 0.15) is 11.6 Å². The number of allylic oxidation sites excluding steroid dienone is 2. The minimum absolute atomic E-state index is 0.00223. The van der Waals surface area contributed by atoms with Crippen LogP contribution in [0.4, 0.5) is 10.6 Å². The number of para-hydroxylation sites is 1. The standard InChI is InChI=1S/C21H25N3O2/c1-15-10-11-16(14-18(15)21(2,3)4)24(19-12-13-22-23-19)20(25)26-17-8-6-5-7-9-17/h5-10,12-14,16H,11H2,1-4H3,(H,22,23). The van der Waals surface area contributed by atoms with Crippen LogP contribution in [0.15, 0.2) is 65.9 Å². The van der Waals surface area contributed by atoms with Crippen LogP contribution in [0.25, 0.3) is 0 Å². The summed E-state index contributed by atoms with van der Waals surface area (Å²) in [4.78, 5) is 14.6. The molecule has 1 aromatic heterocycles. The van der Waals surface area contributed by atoms with E-state index >= 15 is 0 Å². The summed E-state index contributed by atoms with van der Waals surface area (Å²) in [6.07, 6.45) is 6.29. The maximum Gasteiger partial charge on any atom is 0.421 e. The number of ether oxygens (including phenoxy) is 1. The molecule has 1 aliphatic carbocycles. The molecule has 26 heavy (non-hydrogen) atoms. The Bertz CT molecular complexity index is 815. The van der Waals surface area contributed by atoms with Crippen molar-refractivity contribution in [1.29, 1.82) is 0 Å². The van der Waals surface area contributed by atoms with Crippen molar-refractivity contribution in [3.8, 4) is 5.75 Å². The van der Waals surface area contributed by atoms with Gasteiger partial charge in [-0.1, -0.05) is 56.7 Å². The molecule has 0 aliphatic heterocycles. The normalized spacial score (nSPS) is 17.3. The van der Waals surface area contributed by atoms with E-state index in [9.17, 15) is 4.79 Å². The molecule has 0 saturated carbocycles. The third-order valence-electron chi connectivity index (χ3n) is 4.48. The summed E-state index contributed by atoms with van der Waals surface area (Å²) in [5, 5.41) is 6.89. The van der Waals surface area contributed by atoms with Crippen LogP contribution in [0.5, 0.6) is 5.75 Å². The maximum atomic E-state index is 13.0. The van der Waals surface area contributed by atoms with Crippen molar-refractivity contribution < 1.29 is 9.53 Å². The monoisotopic (exact) mass is 351 g/mol. The Labute approximate surface area is 154 Å². The average Bonchev–Trinajstić information content (AvgIpc) is 3.10. The summed E-state index contributed by atoms with van der Waals surface area (Å²) in [5.74, 6) is 1.14. The van der Waals surface area contributed by atoms with Crippen molar-refractivity contribution in [3.05, 3.63) is 65.9 Å². The van der Waals surface area contributed by atoms with Gasteiger partial charge in [-0.05, 0) is 36.5 Å². The number of benzene rings is 1. The van der Waals surface area contributed by atoms with Crippen LogP contribution in [0.3, 0.4) is 0 Å². The second kappa shape index (κ2) is 7.20. The summed E-state index contributed by atoms with van der Waals surface area (Å²) in [7, 11) is 0. The number of nitrogens with zero attached hydrogens (tertiary/aromatic N) is 2. The van der Waals surface area contributed by atoms with Gasteiger partial charge in [0.2, 0.25) is 0 Å². The lowest BCUT2D eigenvalue weighted by atomic mass is 9.78. The van der Waals surface area contributed by atoms with E-state index < -0.39 is 6.09 Å². The zero-order valence-corrected chi connectivity index (χ0v) is 15.7. The lowest BCUT2D eigenvalue weighted by Gasteiger charge is -2.34. The molecule has 0 saturated heterocycles. The summed E-state index contributed by atoms with van der Waals surface area (Å²) in [6.45, 7) is 8.67. The first-order chi connectivity index (χ1) is 12.4. The Morgan fingerprint density at radius 3 is 2.58 bits per heavy atom. The Kier molecular flexibility index (Phi) is 4.98. The zero-order chi connectivity index (χ0) is 18.7. The molecule has 1 unspecified atom stereocenters. The third-order valence-corrected chi connectivity index (χ3v) is 4.48. The smallest absolute Gasteiger partial charge is 0.410 e. The van der Waals surface area contributed by atoms with Crippen LogP contribution in [0.2, 0.25) is 0 Å². The number of amides is 1. The van der Waals surface area contributed by atoms with Crippen LogP contribution in [0, 0.1) is 5.41 Å². The predicted molar refractivity (Wildman–Crippen MR) is 103 cm³/mol. The molecule has 0 fully saturated rings. The molecule has 1 heterocycles. The van der Waals surface area contributed by atoms with Gasteiger partial charge >= 0.3 is 6.09 Å². The van der Waals surface area contributed by atoms with Gasteiger partial charge in [0.15, 0.2) is 0 Å². The van der Waals surface area contributed by atoms with Crippen LogP contribution in [-0.4, -0.2) is 22.3 Å². The van der Waals surface area contributed by atoms with Gasteiger partial charge < -0.3 is 4.74 Å². The molecule has 0 bridgehead atoms. The number of carbonyl (C=O) groups is 1. The van der Waals surface area contributed by atoms with Crippen molar-refractivity contribution in [2.45, 2.75) is 40.2 Å². The molecular formula is C21H25N3O2. The SMILES string of the molecule is CC1=CCC(N(C(=O)Oc2ccccc2)c2ccn[nH]2)C=C1C(C)(C)C. The molecule has 1 aromatic carbocycles. The van der Waals surface area contributed by atoms with E-state index in [-0.39, 0.29) is 11.5 Å². The average molecular weight is 351 g/mol.